The van der Waals surface area contributed by atoms with E-state index in [0.29, 0.717) is 11.3 Å². The molecule has 1 saturated carbocycles. The fourth-order valence-electron chi connectivity index (χ4n) is 1.31. The number of carbonyl (C=O) groups excluding carboxylic acids is 1. The molecule has 5 nitrogen and oxygen atoms in total. The van der Waals surface area contributed by atoms with E-state index in [1.54, 1.807) is 0 Å². The van der Waals surface area contributed by atoms with Crippen molar-refractivity contribution in [3.8, 4) is 0 Å². The van der Waals surface area contributed by atoms with Crippen molar-refractivity contribution in [2.75, 3.05) is 0 Å². The van der Waals surface area contributed by atoms with Crippen molar-refractivity contribution in [1.29, 1.82) is 0 Å². The molecule has 0 aliphatic heterocycles. The van der Waals surface area contributed by atoms with E-state index in [-0.39, 0.29) is 12.8 Å². The third-order valence-corrected chi connectivity index (χ3v) is 3.38. The number of nitrogens with one attached hydrogen (secondary N) is 1. The minimum atomic E-state index is -4.60. The highest BCUT2D eigenvalue weighted by atomic mass is 32.1. The van der Waals surface area contributed by atoms with Crippen LogP contribution in [0.15, 0.2) is 5.38 Å². The molecule has 9 heteroatoms. The first-order valence-electron chi connectivity index (χ1n) is 4.83. The van der Waals surface area contributed by atoms with Gasteiger partial charge in [-0.1, -0.05) is 0 Å². The molecular formula is C9H7F3N2O3S. The lowest BCUT2D eigenvalue weighted by Crippen LogP contribution is -2.43. The van der Waals surface area contributed by atoms with Gasteiger partial charge >= 0.3 is 12.1 Å². The molecule has 1 aromatic heterocycles. The molecule has 0 unspecified atom stereocenters. The first kappa shape index (κ1) is 12.8. The zero-order valence-corrected chi connectivity index (χ0v) is 9.56. The SMILES string of the molecule is O=C(NC1(C(=O)O)CC1)c1csc(C(F)(F)F)n1. The fraction of sp³-hybridized carbons (Fsp3) is 0.444. The Morgan fingerprint density at radius 1 is 1.44 bits per heavy atom. The molecule has 0 spiro atoms. The van der Waals surface area contributed by atoms with Crippen LogP contribution in [0.25, 0.3) is 0 Å². The number of rotatable bonds is 3. The number of halogens is 3. The Kier molecular flexibility index (Phi) is 2.80. The van der Waals surface area contributed by atoms with E-state index in [4.69, 9.17) is 5.11 Å². The van der Waals surface area contributed by atoms with E-state index in [1.165, 1.54) is 0 Å². The van der Waals surface area contributed by atoms with Gasteiger partial charge in [-0.2, -0.15) is 13.2 Å². The smallest absolute Gasteiger partial charge is 0.443 e. The maximum absolute atomic E-state index is 12.3. The lowest BCUT2D eigenvalue weighted by atomic mass is 10.2. The quantitative estimate of drug-likeness (QED) is 0.879. The average Bonchev–Trinajstić information content (AvgIpc) is 2.85. The van der Waals surface area contributed by atoms with Crippen LogP contribution in [0.3, 0.4) is 0 Å². The van der Waals surface area contributed by atoms with Gasteiger partial charge in [0.2, 0.25) is 0 Å². The summed E-state index contributed by atoms with van der Waals surface area (Å²) < 4.78 is 36.8. The van der Waals surface area contributed by atoms with Crippen molar-refractivity contribution >= 4 is 23.2 Å². The van der Waals surface area contributed by atoms with Crippen molar-refractivity contribution in [2.45, 2.75) is 24.6 Å². The van der Waals surface area contributed by atoms with Crippen molar-refractivity contribution in [1.82, 2.24) is 10.3 Å². The number of amides is 1. The van der Waals surface area contributed by atoms with Gasteiger partial charge in [0.05, 0.1) is 0 Å². The van der Waals surface area contributed by atoms with E-state index < -0.39 is 34.3 Å². The monoisotopic (exact) mass is 280 g/mol. The standard InChI is InChI=1S/C9H7F3N2O3S/c10-9(11,12)6-13-4(3-18-6)5(15)14-8(1-2-8)7(16)17/h3H,1-2H2,(H,14,15)(H,16,17). The lowest BCUT2D eigenvalue weighted by Gasteiger charge is -2.10. The summed E-state index contributed by atoms with van der Waals surface area (Å²) >= 11 is 0.295. The Balaban J connectivity index is 2.11. The predicted octanol–water partition coefficient (Wildman–Crippen LogP) is 1.51. The normalized spacial score (nSPS) is 17.3. The van der Waals surface area contributed by atoms with E-state index in [1.807, 2.05) is 0 Å². The summed E-state index contributed by atoms with van der Waals surface area (Å²) in [6.07, 6.45) is -4.07. The van der Waals surface area contributed by atoms with Crippen molar-refractivity contribution in [3.63, 3.8) is 0 Å². The predicted molar refractivity (Wildman–Crippen MR) is 54.2 cm³/mol. The van der Waals surface area contributed by atoms with Gasteiger partial charge in [0.1, 0.15) is 11.2 Å². The second-order valence-corrected chi connectivity index (χ2v) is 4.74. The molecule has 0 aromatic carbocycles. The molecule has 1 amide bonds. The van der Waals surface area contributed by atoms with Gasteiger partial charge in [0, 0.05) is 5.38 Å². The second kappa shape index (κ2) is 3.94. The molecule has 98 valence electrons. The first-order valence-corrected chi connectivity index (χ1v) is 5.71. The van der Waals surface area contributed by atoms with Crippen LogP contribution in [0.4, 0.5) is 13.2 Å². The summed E-state index contributed by atoms with van der Waals surface area (Å²) in [6, 6.07) is 0. The van der Waals surface area contributed by atoms with Crippen LogP contribution in [0.5, 0.6) is 0 Å². The van der Waals surface area contributed by atoms with Gasteiger partial charge in [-0.3, -0.25) is 4.79 Å². The van der Waals surface area contributed by atoms with Gasteiger partial charge in [-0.15, -0.1) is 11.3 Å². The summed E-state index contributed by atoms with van der Waals surface area (Å²) in [5, 5.41) is 10.8. The van der Waals surface area contributed by atoms with Crippen molar-refractivity contribution in [2.24, 2.45) is 0 Å². The van der Waals surface area contributed by atoms with E-state index in [0.717, 1.165) is 5.38 Å². The molecule has 2 N–H and O–H groups in total. The van der Waals surface area contributed by atoms with Gasteiger partial charge in [-0.05, 0) is 12.8 Å². The van der Waals surface area contributed by atoms with Gasteiger partial charge in [0.25, 0.3) is 5.91 Å². The molecule has 0 radical (unpaired) electrons. The Labute approximate surface area is 103 Å². The number of carboxylic acid groups (broad SMARTS) is 1. The topological polar surface area (TPSA) is 79.3 Å². The second-order valence-electron chi connectivity index (χ2n) is 3.88. The van der Waals surface area contributed by atoms with Crippen LogP contribution in [0.1, 0.15) is 28.3 Å². The van der Waals surface area contributed by atoms with Gasteiger partial charge in [-0.25, -0.2) is 9.78 Å². The zero-order valence-electron chi connectivity index (χ0n) is 8.74. The van der Waals surface area contributed by atoms with Crippen LogP contribution in [-0.4, -0.2) is 27.5 Å². The highest BCUT2D eigenvalue weighted by Crippen LogP contribution is 2.36. The number of aliphatic carboxylic acids is 1. The van der Waals surface area contributed by atoms with E-state index in [9.17, 15) is 22.8 Å². The third-order valence-electron chi connectivity index (χ3n) is 2.49. The molecule has 1 aromatic rings. The zero-order chi connectivity index (χ0) is 13.6. The van der Waals surface area contributed by atoms with Gasteiger partial charge < -0.3 is 10.4 Å². The molecule has 0 bridgehead atoms. The van der Waals surface area contributed by atoms with Crippen LogP contribution in [0, 0.1) is 0 Å². The van der Waals surface area contributed by atoms with Crippen LogP contribution in [0.2, 0.25) is 0 Å². The minimum Gasteiger partial charge on any atom is -0.480 e. The number of alkyl halides is 3. The molecule has 0 saturated heterocycles. The number of carboxylic acids is 1. The molecule has 1 heterocycles. The Morgan fingerprint density at radius 3 is 2.44 bits per heavy atom. The van der Waals surface area contributed by atoms with Crippen LogP contribution in [-0.2, 0) is 11.0 Å². The number of nitrogens with zero attached hydrogens (tertiary/aromatic N) is 1. The Bertz CT molecular complexity index is 507. The molecule has 18 heavy (non-hydrogen) atoms. The fourth-order valence-corrected chi connectivity index (χ4v) is 1.97. The van der Waals surface area contributed by atoms with Gasteiger partial charge in [0.15, 0.2) is 5.01 Å². The van der Waals surface area contributed by atoms with Crippen molar-refractivity contribution < 1.29 is 27.9 Å². The number of hydrogen-bond acceptors (Lipinski definition) is 4. The maximum Gasteiger partial charge on any atom is 0.443 e. The molecular weight excluding hydrogens is 273 g/mol. The molecule has 2 rings (SSSR count). The number of aromatic nitrogens is 1. The minimum absolute atomic E-state index is 0.268. The van der Waals surface area contributed by atoms with Crippen molar-refractivity contribution in [3.05, 3.63) is 16.1 Å². The Hall–Kier alpha value is -1.64. The summed E-state index contributed by atoms with van der Waals surface area (Å²) in [7, 11) is 0. The number of thiazole rings is 1. The summed E-state index contributed by atoms with van der Waals surface area (Å²) in [5.41, 5.74) is -1.75. The molecule has 1 aliphatic carbocycles. The number of hydrogen-bond donors (Lipinski definition) is 2. The lowest BCUT2D eigenvalue weighted by molar-refractivity contribution is -0.140. The van der Waals surface area contributed by atoms with E-state index >= 15 is 0 Å². The van der Waals surface area contributed by atoms with E-state index in [2.05, 4.69) is 10.3 Å². The first-order chi connectivity index (χ1) is 8.24. The maximum atomic E-state index is 12.3. The highest BCUT2D eigenvalue weighted by molar-refractivity contribution is 7.09. The van der Waals surface area contributed by atoms with Crippen LogP contribution >= 0.6 is 11.3 Å². The summed E-state index contributed by atoms with van der Waals surface area (Å²) in [5.74, 6) is -2.09. The summed E-state index contributed by atoms with van der Waals surface area (Å²) in [6.45, 7) is 0. The van der Waals surface area contributed by atoms with Crippen LogP contribution < -0.4 is 5.32 Å². The largest absolute Gasteiger partial charge is 0.480 e. The molecule has 1 fully saturated rings. The Morgan fingerprint density at radius 2 is 2.06 bits per heavy atom. The molecule has 1 aliphatic rings. The highest BCUT2D eigenvalue weighted by Gasteiger charge is 2.52. The third kappa shape index (κ3) is 2.30. The number of carbonyl (C=O) groups is 2. The summed E-state index contributed by atoms with van der Waals surface area (Å²) in [4.78, 5) is 25.5. The molecule has 0 atom stereocenters. The average molecular weight is 280 g/mol.